The fourth-order valence-corrected chi connectivity index (χ4v) is 2.62. The van der Waals surface area contributed by atoms with Gasteiger partial charge in [0.1, 0.15) is 5.75 Å². The van der Waals surface area contributed by atoms with Crippen molar-refractivity contribution >= 4 is 17.4 Å². The molecular formula is C16H19NOS. The summed E-state index contributed by atoms with van der Waals surface area (Å²) in [5.74, 6) is 1.96. The lowest BCUT2D eigenvalue weighted by atomic mass is 10.2. The van der Waals surface area contributed by atoms with E-state index in [9.17, 15) is 0 Å². The number of methoxy groups -OCH3 is 1. The smallest absolute Gasteiger partial charge is 0.119 e. The minimum Gasteiger partial charge on any atom is -0.497 e. The molecular weight excluding hydrogens is 254 g/mol. The van der Waals surface area contributed by atoms with Gasteiger partial charge in [0.15, 0.2) is 0 Å². The van der Waals surface area contributed by atoms with Crippen molar-refractivity contribution in [3.05, 3.63) is 54.1 Å². The molecule has 3 heteroatoms. The molecule has 0 fully saturated rings. The Kier molecular flexibility index (Phi) is 5.16. The van der Waals surface area contributed by atoms with Gasteiger partial charge in [-0.1, -0.05) is 18.2 Å². The van der Waals surface area contributed by atoms with Crippen LogP contribution in [0.15, 0.2) is 53.4 Å². The topological polar surface area (TPSA) is 21.3 Å². The summed E-state index contributed by atoms with van der Waals surface area (Å²) in [5, 5.41) is 3.46. The van der Waals surface area contributed by atoms with Crippen LogP contribution >= 0.6 is 11.8 Å². The van der Waals surface area contributed by atoms with Crippen molar-refractivity contribution in [3.8, 4) is 5.75 Å². The van der Waals surface area contributed by atoms with E-state index in [-0.39, 0.29) is 0 Å². The van der Waals surface area contributed by atoms with Crippen LogP contribution in [-0.2, 0) is 0 Å². The summed E-state index contributed by atoms with van der Waals surface area (Å²) in [6, 6.07) is 16.6. The first-order valence-electron chi connectivity index (χ1n) is 6.36. The molecule has 0 atom stereocenters. The number of ether oxygens (including phenoxy) is 1. The highest BCUT2D eigenvalue weighted by Crippen LogP contribution is 2.21. The van der Waals surface area contributed by atoms with Gasteiger partial charge in [0.2, 0.25) is 0 Å². The predicted octanol–water partition coefficient (Wildman–Crippen LogP) is 4.21. The maximum atomic E-state index is 5.20. The van der Waals surface area contributed by atoms with Crippen LogP contribution < -0.4 is 10.1 Å². The molecule has 2 aromatic rings. The number of aryl methyl sites for hydroxylation is 1. The number of thioether (sulfide) groups is 1. The van der Waals surface area contributed by atoms with Crippen LogP contribution in [0.5, 0.6) is 5.75 Å². The Labute approximate surface area is 119 Å². The SMILES string of the molecule is COc1ccc(NCCSc2ccccc2)c(C)c1. The van der Waals surface area contributed by atoms with Gasteiger partial charge in [0.25, 0.3) is 0 Å². The lowest BCUT2D eigenvalue weighted by molar-refractivity contribution is 0.414. The van der Waals surface area contributed by atoms with Crippen LogP contribution in [0.1, 0.15) is 5.56 Å². The first-order valence-corrected chi connectivity index (χ1v) is 7.34. The van der Waals surface area contributed by atoms with E-state index >= 15 is 0 Å². The molecule has 0 radical (unpaired) electrons. The van der Waals surface area contributed by atoms with E-state index in [1.165, 1.54) is 16.1 Å². The van der Waals surface area contributed by atoms with Gasteiger partial charge in [-0.15, -0.1) is 11.8 Å². The van der Waals surface area contributed by atoms with Gasteiger partial charge in [0, 0.05) is 22.9 Å². The van der Waals surface area contributed by atoms with Gasteiger partial charge in [0.05, 0.1) is 7.11 Å². The Balaban J connectivity index is 1.80. The van der Waals surface area contributed by atoms with Crippen molar-refractivity contribution in [3.63, 3.8) is 0 Å². The molecule has 0 aliphatic heterocycles. The molecule has 100 valence electrons. The van der Waals surface area contributed by atoms with Gasteiger partial charge in [-0.05, 0) is 42.8 Å². The molecule has 2 nitrogen and oxygen atoms in total. The summed E-state index contributed by atoms with van der Waals surface area (Å²) in [7, 11) is 1.69. The van der Waals surface area contributed by atoms with E-state index < -0.39 is 0 Å². The molecule has 0 spiro atoms. The van der Waals surface area contributed by atoms with Crippen LogP contribution in [0.25, 0.3) is 0 Å². The van der Waals surface area contributed by atoms with E-state index in [2.05, 4.69) is 42.6 Å². The van der Waals surface area contributed by atoms with Crippen molar-refractivity contribution in [1.29, 1.82) is 0 Å². The lowest BCUT2D eigenvalue weighted by Gasteiger charge is -2.10. The summed E-state index contributed by atoms with van der Waals surface area (Å²) in [6.45, 7) is 3.04. The summed E-state index contributed by atoms with van der Waals surface area (Å²) >= 11 is 1.87. The molecule has 0 saturated heterocycles. The van der Waals surface area contributed by atoms with Crippen LogP contribution in [0.2, 0.25) is 0 Å². The number of rotatable bonds is 6. The lowest BCUT2D eigenvalue weighted by Crippen LogP contribution is -2.05. The maximum absolute atomic E-state index is 5.20. The Morgan fingerprint density at radius 2 is 1.89 bits per heavy atom. The van der Waals surface area contributed by atoms with Crippen molar-refractivity contribution in [2.24, 2.45) is 0 Å². The van der Waals surface area contributed by atoms with Crippen molar-refractivity contribution in [2.75, 3.05) is 24.7 Å². The molecule has 1 N–H and O–H groups in total. The highest BCUT2D eigenvalue weighted by Gasteiger charge is 1.99. The normalized spacial score (nSPS) is 10.2. The van der Waals surface area contributed by atoms with Crippen LogP contribution in [0.3, 0.4) is 0 Å². The van der Waals surface area contributed by atoms with Gasteiger partial charge in [-0.25, -0.2) is 0 Å². The van der Waals surface area contributed by atoms with E-state index in [1.807, 2.05) is 30.0 Å². The molecule has 0 unspecified atom stereocenters. The summed E-state index contributed by atoms with van der Waals surface area (Å²) in [6.07, 6.45) is 0. The molecule has 0 heterocycles. The minimum absolute atomic E-state index is 0.904. The monoisotopic (exact) mass is 273 g/mol. The third kappa shape index (κ3) is 4.21. The van der Waals surface area contributed by atoms with Gasteiger partial charge in [-0.2, -0.15) is 0 Å². The van der Waals surface area contributed by atoms with E-state index in [4.69, 9.17) is 4.74 Å². The number of hydrogen-bond acceptors (Lipinski definition) is 3. The molecule has 0 bridgehead atoms. The Morgan fingerprint density at radius 3 is 2.58 bits per heavy atom. The third-order valence-corrected chi connectivity index (χ3v) is 3.88. The first kappa shape index (κ1) is 13.8. The van der Waals surface area contributed by atoms with Crippen molar-refractivity contribution in [2.45, 2.75) is 11.8 Å². The Hall–Kier alpha value is -1.61. The standard InChI is InChI=1S/C16H19NOS/c1-13-12-14(18-2)8-9-16(13)17-10-11-19-15-6-4-3-5-7-15/h3-9,12,17H,10-11H2,1-2H3. The largest absolute Gasteiger partial charge is 0.497 e. The van der Waals surface area contributed by atoms with Crippen LogP contribution in [-0.4, -0.2) is 19.4 Å². The van der Waals surface area contributed by atoms with Gasteiger partial charge in [-0.3, -0.25) is 0 Å². The van der Waals surface area contributed by atoms with Crippen molar-refractivity contribution in [1.82, 2.24) is 0 Å². The maximum Gasteiger partial charge on any atom is 0.119 e. The van der Waals surface area contributed by atoms with Gasteiger partial charge >= 0.3 is 0 Å². The molecule has 0 aliphatic rings. The minimum atomic E-state index is 0.904. The second kappa shape index (κ2) is 7.10. The Bertz CT molecular complexity index is 513. The predicted molar refractivity (Wildman–Crippen MR) is 83.4 cm³/mol. The van der Waals surface area contributed by atoms with Gasteiger partial charge < -0.3 is 10.1 Å². The zero-order chi connectivity index (χ0) is 13.5. The quantitative estimate of drug-likeness (QED) is 0.629. The second-order valence-electron chi connectivity index (χ2n) is 4.27. The summed E-state index contributed by atoms with van der Waals surface area (Å²) in [4.78, 5) is 1.32. The Morgan fingerprint density at radius 1 is 1.11 bits per heavy atom. The highest BCUT2D eigenvalue weighted by atomic mass is 32.2. The van der Waals surface area contributed by atoms with E-state index in [0.717, 1.165) is 18.0 Å². The molecule has 0 amide bonds. The van der Waals surface area contributed by atoms with E-state index in [1.54, 1.807) is 7.11 Å². The zero-order valence-electron chi connectivity index (χ0n) is 11.3. The number of anilines is 1. The molecule has 0 aliphatic carbocycles. The number of hydrogen-bond donors (Lipinski definition) is 1. The fraction of sp³-hybridized carbons (Fsp3) is 0.250. The fourth-order valence-electron chi connectivity index (χ4n) is 1.83. The zero-order valence-corrected chi connectivity index (χ0v) is 12.2. The van der Waals surface area contributed by atoms with Crippen LogP contribution in [0, 0.1) is 6.92 Å². The van der Waals surface area contributed by atoms with Crippen molar-refractivity contribution < 1.29 is 4.74 Å². The summed E-state index contributed by atoms with van der Waals surface area (Å²) < 4.78 is 5.20. The second-order valence-corrected chi connectivity index (χ2v) is 5.44. The third-order valence-electron chi connectivity index (χ3n) is 2.86. The average Bonchev–Trinajstić information content (AvgIpc) is 2.46. The molecule has 2 rings (SSSR count). The summed E-state index contributed by atoms with van der Waals surface area (Å²) in [5.41, 5.74) is 2.39. The molecule has 19 heavy (non-hydrogen) atoms. The van der Waals surface area contributed by atoms with E-state index in [0.29, 0.717) is 0 Å². The molecule has 2 aromatic carbocycles. The number of nitrogens with one attached hydrogen (secondary N) is 1. The molecule has 0 aromatic heterocycles. The molecule has 0 saturated carbocycles. The first-order chi connectivity index (χ1) is 9.29. The highest BCUT2D eigenvalue weighted by molar-refractivity contribution is 7.99. The van der Waals surface area contributed by atoms with Crippen LogP contribution in [0.4, 0.5) is 5.69 Å². The number of benzene rings is 2. The average molecular weight is 273 g/mol.